The Morgan fingerprint density at radius 1 is 0.846 bits per heavy atom. The smallest absolute Gasteiger partial charge is 0.113 e. The fraction of sp³-hybridized carbons (Fsp3) is 0.150. The fourth-order valence-electron chi connectivity index (χ4n) is 2.83. The maximum Gasteiger partial charge on any atom is 0.113 e. The molecule has 0 amide bonds. The minimum absolute atomic E-state index is 0.745. The molecule has 0 aliphatic rings. The quantitative estimate of drug-likeness (QED) is 0.505. The number of hydrogen-bond acceptors (Lipinski definition) is 3. The van der Waals surface area contributed by atoms with E-state index in [1.54, 1.807) is 11.0 Å². The molecular weight excluding hydrogens is 346 g/mol. The lowest BCUT2D eigenvalue weighted by Crippen LogP contribution is -2.05. The molecule has 0 unspecified atom stereocenters. The van der Waals surface area contributed by atoms with Crippen LogP contribution in [0.2, 0.25) is 5.02 Å². The zero-order chi connectivity index (χ0) is 17.8. The average Bonchev–Trinajstić information content (AvgIpc) is 3.35. The Morgan fingerprint density at radius 3 is 2.23 bits per heavy atom. The van der Waals surface area contributed by atoms with E-state index >= 15 is 0 Å². The zero-order valence-corrected chi connectivity index (χ0v) is 14.9. The highest BCUT2D eigenvalue weighted by molar-refractivity contribution is 6.30. The molecule has 2 heterocycles. The van der Waals surface area contributed by atoms with Crippen molar-refractivity contribution in [2.45, 2.75) is 19.5 Å². The second kappa shape index (κ2) is 7.54. The van der Waals surface area contributed by atoms with Crippen molar-refractivity contribution in [1.82, 2.24) is 24.5 Å². The predicted octanol–water partition coefficient (Wildman–Crippen LogP) is 4.55. The van der Waals surface area contributed by atoms with E-state index in [-0.39, 0.29) is 0 Å². The molecule has 0 saturated heterocycles. The van der Waals surface area contributed by atoms with Gasteiger partial charge in [-0.1, -0.05) is 48.0 Å². The zero-order valence-electron chi connectivity index (χ0n) is 14.2. The largest absolute Gasteiger partial charge is 0.337 e. The van der Waals surface area contributed by atoms with Crippen LogP contribution in [0, 0.1) is 0 Å². The van der Waals surface area contributed by atoms with Gasteiger partial charge < -0.3 is 4.57 Å². The summed E-state index contributed by atoms with van der Waals surface area (Å²) in [6, 6.07) is 16.2. The molecule has 130 valence electrons. The van der Waals surface area contributed by atoms with Crippen LogP contribution in [0.15, 0.2) is 73.4 Å². The van der Waals surface area contributed by atoms with Crippen LogP contribution in [0.25, 0.3) is 22.4 Å². The lowest BCUT2D eigenvalue weighted by atomic mass is 10.0. The predicted molar refractivity (Wildman–Crippen MR) is 103 cm³/mol. The topological polar surface area (TPSA) is 48.5 Å². The Bertz CT molecular complexity index is 956. The van der Waals surface area contributed by atoms with Gasteiger partial charge in [0.05, 0.1) is 19.1 Å². The molecule has 26 heavy (non-hydrogen) atoms. The van der Waals surface area contributed by atoms with Crippen molar-refractivity contribution >= 4 is 11.6 Å². The van der Waals surface area contributed by atoms with Gasteiger partial charge in [-0.3, -0.25) is 0 Å². The summed E-state index contributed by atoms with van der Waals surface area (Å²) in [5.74, 6) is 0. The van der Waals surface area contributed by atoms with Crippen molar-refractivity contribution in [1.29, 1.82) is 0 Å². The van der Waals surface area contributed by atoms with Gasteiger partial charge in [0.25, 0.3) is 0 Å². The van der Waals surface area contributed by atoms with Gasteiger partial charge in [0.1, 0.15) is 5.69 Å². The Hall–Kier alpha value is -2.92. The molecule has 4 rings (SSSR count). The molecule has 0 bridgehead atoms. The van der Waals surface area contributed by atoms with Crippen molar-refractivity contribution in [2.24, 2.45) is 0 Å². The maximum atomic E-state index is 5.95. The lowest BCUT2D eigenvalue weighted by Gasteiger charge is -2.03. The molecule has 0 radical (unpaired) electrons. The van der Waals surface area contributed by atoms with Gasteiger partial charge in [-0.2, -0.15) is 15.0 Å². The third-order valence-electron chi connectivity index (χ3n) is 4.23. The molecule has 0 N–H and O–H groups in total. The lowest BCUT2D eigenvalue weighted by molar-refractivity contribution is 0.480. The summed E-state index contributed by atoms with van der Waals surface area (Å²) in [7, 11) is 0. The third-order valence-corrected chi connectivity index (χ3v) is 4.48. The first-order chi connectivity index (χ1) is 12.8. The molecule has 0 fully saturated rings. The van der Waals surface area contributed by atoms with Crippen molar-refractivity contribution in [2.75, 3.05) is 0 Å². The summed E-state index contributed by atoms with van der Waals surface area (Å²) in [6.45, 7) is 1.69. The highest BCUT2D eigenvalue weighted by Crippen LogP contribution is 2.24. The summed E-state index contributed by atoms with van der Waals surface area (Å²) in [4.78, 5) is 5.79. The number of benzene rings is 2. The monoisotopic (exact) mass is 363 g/mol. The SMILES string of the molecule is Clc1ccc(-c2ccc(-c3cnn(CCCn4ccnc4)n3)cc2)cc1. The van der Waals surface area contributed by atoms with Gasteiger partial charge in [0.2, 0.25) is 0 Å². The Morgan fingerprint density at radius 2 is 1.54 bits per heavy atom. The number of hydrogen-bond donors (Lipinski definition) is 0. The van der Waals surface area contributed by atoms with E-state index in [0.29, 0.717) is 0 Å². The standard InChI is InChI=1S/C20H18ClN5/c21-19-8-6-17(7-9-19)16-2-4-18(5-3-16)20-14-23-26(24-20)12-1-11-25-13-10-22-15-25/h2-10,13-15H,1,11-12H2. The first-order valence-corrected chi connectivity index (χ1v) is 8.88. The van der Waals surface area contributed by atoms with Crippen LogP contribution in [0.5, 0.6) is 0 Å². The van der Waals surface area contributed by atoms with Crippen LogP contribution in [-0.2, 0) is 13.1 Å². The van der Waals surface area contributed by atoms with E-state index in [0.717, 1.165) is 46.9 Å². The molecular formula is C20H18ClN5. The Balaban J connectivity index is 1.41. The van der Waals surface area contributed by atoms with Crippen LogP contribution in [-0.4, -0.2) is 24.5 Å². The van der Waals surface area contributed by atoms with E-state index in [4.69, 9.17) is 11.6 Å². The van der Waals surface area contributed by atoms with Gasteiger partial charge in [-0.05, 0) is 29.7 Å². The van der Waals surface area contributed by atoms with Crippen molar-refractivity contribution in [3.63, 3.8) is 0 Å². The molecule has 0 aliphatic heterocycles. The summed E-state index contributed by atoms with van der Waals surface area (Å²) in [5.41, 5.74) is 4.24. The Kier molecular flexibility index (Phi) is 4.80. The molecule has 6 heteroatoms. The molecule has 2 aromatic heterocycles. The van der Waals surface area contributed by atoms with Crippen molar-refractivity contribution < 1.29 is 0 Å². The number of rotatable bonds is 6. The fourth-order valence-corrected chi connectivity index (χ4v) is 2.95. The van der Waals surface area contributed by atoms with E-state index < -0.39 is 0 Å². The molecule has 4 aromatic rings. The number of nitrogens with zero attached hydrogens (tertiary/aromatic N) is 5. The summed E-state index contributed by atoms with van der Waals surface area (Å²) in [6.07, 6.45) is 8.35. The van der Waals surface area contributed by atoms with Crippen LogP contribution in [0.3, 0.4) is 0 Å². The van der Waals surface area contributed by atoms with Crippen molar-refractivity contribution in [3.05, 3.63) is 78.5 Å². The maximum absolute atomic E-state index is 5.95. The number of halogens is 1. The van der Waals surface area contributed by atoms with Gasteiger partial charge in [-0.25, -0.2) is 4.98 Å². The van der Waals surface area contributed by atoms with E-state index in [1.165, 1.54) is 0 Å². The number of aryl methyl sites for hydroxylation is 2. The molecule has 2 aromatic carbocycles. The Labute approximate surface area is 156 Å². The van der Waals surface area contributed by atoms with E-state index in [9.17, 15) is 0 Å². The first kappa shape index (κ1) is 16.5. The minimum Gasteiger partial charge on any atom is -0.337 e. The van der Waals surface area contributed by atoms with E-state index in [2.05, 4.69) is 44.0 Å². The van der Waals surface area contributed by atoms with Gasteiger partial charge in [0, 0.05) is 29.5 Å². The van der Waals surface area contributed by atoms with Crippen LogP contribution in [0.1, 0.15) is 6.42 Å². The van der Waals surface area contributed by atoms with Gasteiger partial charge in [-0.15, -0.1) is 0 Å². The van der Waals surface area contributed by atoms with Crippen LogP contribution in [0.4, 0.5) is 0 Å². The number of imidazole rings is 1. The summed E-state index contributed by atoms with van der Waals surface area (Å²) in [5, 5.41) is 9.69. The van der Waals surface area contributed by atoms with Gasteiger partial charge in [0.15, 0.2) is 0 Å². The average molecular weight is 364 g/mol. The molecule has 0 aliphatic carbocycles. The van der Waals surface area contributed by atoms with Gasteiger partial charge >= 0.3 is 0 Å². The second-order valence-corrected chi connectivity index (χ2v) is 6.50. The first-order valence-electron chi connectivity index (χ1n) is 8.50. The van der Waals surface area contributed by atoms with Crippen molar-refractivity contribution in [3.8, 4) is 22.4 Å². The normalized spacial score (nSPS) is 11.0. The minimum atomic E-state index is 0.745. The van der Waals surface area contributed by atoms with E-state index in [1.807, 2.05) is 43.0 Å². The second-order valence-electron chi connectivity index (χ2n) is 6.06. The molecule has 5 nitrogen and oxygen atoms in total. The number of aromatic nitrogens is 5. The van der Waals surface area contributed by atoms with Crippen LogP contribution < -0.4 is 0 Å². The molecule has 0 spiro atoms. The summed E-state index contributed by atoms with van der Waals surface area (Å²) >= 11 is 5.95. The van der Waals surface area contributed by atoms with Crippen LogP contribution >= 0.6 is 11.6 Å². The molecule has 0 atom stereocenters. The highest BCUT2D eigenvalue weighted by atomic mass is 35.5. The summed E-state index contributed by atoms with van der Waals surface area (Å²) < 4.78 is 2.06. The highest BCUT2D eigenvalue weighted by Gasteiger charge is 2.05. The third kappa shape index (κ3) is 3.83. The molecule has 0 saturated carbocycles.